The van der Waals surface area contributed by atoms with Gasteiger partial charge in [0.25, 0.3) is 0 Å². The Morgan fingerprint density at radius 2 is 1.62 bits per heavy atom. The molecule has 1 saturated heterocycles. The number of aromatic nitrogens is 1. The van der Waals surface area contributed by atoms with Crippen LogP contribution in [-0.4, -0.2) is 31.3 Å². The normalized spacial score (nSPS) is 15.2. The van der Waals surface area contributed by atoms with Crippen molar-refractivity contribution in [2.24, 2.45) is 0 Å². The minimum absolute atomic E-state index is 0.815. The Morgan fingerprint density at radius 1 is 0.833 bits per heavy atom. The van der Waals surface area contributed by atoms with Crippen LogP contribution in [0.3, 0.4) is 0 Å². The summed E-state index contributed by atoms with van der Waals surface area (Å²) in [6, 6.07) is 21.0. The van der Waals surface area contributed by atoms with E-state index in [4.69, 9.17) is 4.74 Å². The smallest absolute Gasteiger partial charge is 0.0709 e. The Labute approximate surface area is 142 Å². The molecular weight excluding hydrogens is 296 g/mol. The molecule has 2 heterocycles. The highest BCUT2D eigenvalue weighted by atomic mass is 16.5. The molecule has 120 valence electrons. The van der Waals surface area contributed by atoms with E-state index in [1.807, 2.05) is 18.2 Å². The fraction of sp³-hybridized carbons (Fsp3) is 0.190. The van der Waals surface area contributed by atoms with Crippen molar-refractivity contribution in [2.45, 2.75) is 0 Å². The highest BCUT2D eigenvalue weighted by Gasteiger charge is 2.10. The number of hydrogen-bond acceptors (Lipinski definition) is 3. The fourth-order valence-corrected chi connectivity index (χ4v) is 2.97. The Hall–Kier alpha value is -2.65. The molecule has 0 saturated carbocycles. The van der Waals surface area contributed by atoms with Gasteiger partial charge in [-0.1, -0.05) is 42.5 Å². The topological polar surface area (TPSA) is 25.4 Å². The highest BCUT2D eigenvalue weighted by molar-refractivity contribution is 5.80. The van der Waals surface area contributed by atoms with E-state index in [-0.39, 0.29) is 0 Å². The van der Waals surface area contributed by atoms with Gasteiger partial charge in [-0.3, -0.25) is 0 Å². The van der Waals surface area contributed by atoms with Gasteiger partial charge in [-0.05, 0) is 35.9 Å². The molecule has 0 atom stereocenters. The van der Waals surface area contributed by atoms with Crippen LogP contribution in [0.25, 0.3) is 23.1 Å². The number of para-hydroxylation sites is 1. The number of ether oxygens (including phenoxy) is 1. The van der Waals surface area contributed by atoms with Crippen molar-refractivity contribution in [2.75, 3.05) is 31.2 Å². The van der Waals surface area contributed by atoms with Gasteiger partial charge in [0.1, 0.15) is 0 Å². The zero-order valence-corrected chi connectivity index (χ0v) is 13.6. The number of rotatable bonds is 3. The van der Waals surface area contributed by atoms with Crippen LogP contribution in [0.1, 0.15) is 11.3 Å². The number of hydrogen-bond donors (Lipinski definition) is 0. The Bertz CT molecular complexity index is 849. The van der Waals surface area contributed by atoms with Gasteiger partial charge in [0.15, 0.2) is 0 Å². The number of fused-ring (bicyclic) bond motifs is 1. The number of nitrogens with zero attached hydrogens (tertiary/aromatic N) is 2. The van der Waals surface area contributed by atoms with Gasteiger partial charge in [-0.2, -0.15) is 0 Å². The number of anilines is 1. The largest absolute Gasteiger partial charge is 0.378 e. The summed E-state index contributed by atoms with van der Waals surface area (Å²) in [6.45, 7) is 3.57. The Kier molecular flexibility index (Phi) is 4.26. The van der Waals surface area contributed by atoms with Crippen LogP contribution in [0, 0.1) is 0 Å². The second-order valence-corrected chi connectivity index (χ2v) is 5.95. The van der Waals surface area contributed by atoms with Crippen LogP contribution in [0.2, 0.25) is 0 Å². The molecular formula is C21H20N2O. The maximum absolute atomic E-state index is 5.40. The summed E-state index contributed by atoms with van der Waals surface area (Å²) >= 11 is 0. The molecule has 0 aliphatic carbocycles. The molecule has 0 N–H and O–H groups in total. The van der Waals surface area contributed by atoms with Crippen molar-refractivity contribution >= 4 is 28.7 Å². The predicted molar refractivity (Wildman–Crippen MR) is 100 cm³/mol. The molecule has 1 aliphatic rings. The van der Waals surface area contributed by atoms with Gasteiger partial charge in [0, 0.05) is 24.2 Å². The Morgan fingerprint density at radius 3 is 2.46 bits per heavy atom. The minimum atomic E-state index is 0.815. The molecule has 0 spiro atoms. The Balaban J connectivity index is 1.50. The van der Waals surface area contributed by atoms with E-state index in [1.165, 1.54) is 16.6 Å². The number of morpholine rings is 1. The maximum Gasteiger partial charge on any atom is 0.0709 e. The molecule has 3 nitrogen and oxygen atoms in total. The molecule has 0 radical (unpaired) electrons. The van der Waals surface area contributed by atoms with Crippen molar-refractivity contribution in [1.29, 1.82) is 0 Å². The third kappa shape index (κ3) is 3.31. The quantitative estimate of drug-likeness (QED) is 0.722. The first-order chi connectivity index (χ1) is 11.9. The fourth-order valence-electron chi connectivity index (χ4n) is 2.97. The SMILES string of the molecule is C(=C\c1ccc2ccccc2n1)/c1ccc(N2CCOCC2)cc1. The monoisotopic (exact) mass is 316 g/mol. The molecule has 0 unspecified atom stereocenters. The van der Waals surface area contributed by atoms with E-state index in [9.17, 15) is 0 Å². The third-order valence-corrected chi connectivity index (χ3v) is 4.34. The molecule has 0 amide bonds. The van der Waals surface area contributed by atoms with Crippen molar-refractivity contribution in [3.05, 3.63) is 71.9 Å². The summed E-state index contributed by atoms with van der Waals surface area (Å²) in [4.78, 5) is 7.04. The van der Waals surface area contributed by atoms with E-state index in [2.05, 4.69) is 64.5 Å². The summed E-state index contributed by atoms with van der Waals surface area (Å²) < 4.78 is 5.40. The first-order valence-corrected chi connectivity index (χ1v) is 8.35. The lowest BCUT2D eigenvalue weighted by molar-refractivity contribution is 0.122. The summed E-state index contributed by atoms with van der Waals surface area (Å²) in [5.74, 6) is 0. The van der Waals surface area contributed by atoms with E-state index >= 15 is 0 Å². The van der Waals surface area contributed by atoms with Gasteiger partial charge in [0.05, 0.1) is 24.4 Å². The lowest BCUT2D eigenvalue weighted by Gasteiger charge is -2.28. The molecule has 3 aromatic rings. The average Bonchev–Trinajstić information content (AvgIpc) is 2.67. The second kappa shape index (κ2) is 6.85. The van der Waals surface area contributed by atoms with Crippen molar-refractivity contribution in [3.8, 4) is 0 Å². The van der Waals surface area contributed by atoms with E-state index in [0.29, 0.717) is 0 Å². The first kappa shape index (κ1) is 14.9. The molecule has 1 aliphatic heterocycles. The van der Waals surface area contributed by atoms with Gasteiger partial charge < -0.3 is 9.64 Å². The van der Waals surface area contributed by atoms with Crippen molar-refractivity contribution < 1.29 is 4.74 Å². The van der Waals surface area contributed by atoms with Crippen molar-refractivity contribution in [3.63, 3.8) is 0 Å². The van der Waals surface area contributed by atoms with Crippen molar-refractivity contribution in [1.82, 2.24) is 4.98 Å². The summed E-state index contributed by atoms with van der Waals surface area (Å²) in [6.07, 6.45) is 4.18. The number of pyridine rings is 1. The summed E-state index contributed by atoms with van der Waals surface area (Å²) in [5.41, 5.74) is 4.45. The lowest BCUT2D eigenvalue weighted by Crippen LogP contribution is -2.36. The van der Waals surface area contributed by atoms with Crippen LogP contribution in [0.15, 0.2) is 60.7 Å². The maximum atomic E-state index is 5.40. The zero-order chi connectivity index (χ0) is 16.2. The van der Waals surface area contributed by atoms with E-state index in [0.717, 1.165) is 37.5 Å². The summed E-state index contributed by atoms with van der Waals surface area (Å²) in [5, 5.41) is 1.17. The van der Waals surface area contributed by atoms with Crippen LogP contribution < -0.4 is 4.90 Å². The number of benzene rings is 2. The van der Waals surface area contributed by atoms with Crippen LogP contribution in [0.4, 0.5) is 5.69 Å². The van der Waals surface area contributed by atoms with Crippen LogP contribution in [0.5, 0.6) is 0 Å². The van der Waals surface area contributed by atoms with E-state index in [1.54, 1.807) is 0 Å². The highest BCUT2D eigenvalue weighted by Crippen LogP contribution is 2.18. The van der Waals surface area contributed by atoms with Crippen LogP contribution >= 0.6 is 0 Å². The zero-order valence-electron chi connectivity index (χ0n) is 13.6. The van der Waals surface area contributed by atoms with Gasteiger partial charge in [0.2, 0.25) is 0 Å². The summed E-state index contributed by atoms with van der Waals surface area (Å²) in [7, 11) is 0. The molecule has 2 aromatic carbocycles. The second-order valence-electron chi connectivity index (χ2n) is 5.95. The molecule has 3 heteroatoms. The molecule has 4 rings (SSSR count). The van der Waals surface area contributed by atoms with Gasteiger partial charge in [-0.25, -0.2) is 4.98 Å². The van der Waals surface area contributed by atoms with E-state index < -0.39 is 0 Å². The minimum Gasteiger partial charge on any atom is -0.378 e. The standard InChI is InChI=1S/C21H20N2O/c1-2-4-21-18(3-1)8-10-19(22-21)9-5-17-6-11-20(12-7-17)23-13-15-24-16-14-23/h1-12H,13-16H2/b9-5+. The molecule has 0 bridgehead atoms. The van der Waals surface area contributed by atoms with Gasteiger partial charge >= 0.3 is 0 Å². The molecule has 24 heavy (non-hydrogen) atoms. The van der Waals surface area contributed by atoms with Crippen LogP contribution in [-0.2, 0) is 4.74 Å². The van der Waals surface area contributed by atoms with Gasteiger partial charge in [-0.15, -0.1) is 0 Å². The predicted octanol–water partition coefficient (Wildman–Crippen LogP) is 4.24. The third-order valence-electron chi connectivity index (χ3n) is 4.34. The average molecular weight is 316 g/mol. The lowest BCUT2D eigenvalue weighted by atomic mass is 10.1. The first-order valence-electron chi connectivity index (χ1n) is 8.35. The molecule has 1 aromatic heterocycles. The molecule has 1 fully saturated rings.